The van der Waals surface area contributed by atoms with E-state index in [2.05, 4.69) is 39.5 Å². The normalized spacial score (nSPS) is 15.0. The zero-order valence-electron chi connectivity index (χ0n) is 16.1. The van der Waals surface area contributed by atoms with E-state index in [1.165, 1.54) is 31.5 Å². The Hall–Kier alpha value is -2.73. The lowest BCUT2D eigenvalue weighted by molar-refractivity contribution is 0.331. The molecule has 6 heteroatoms. The van der Waals surface area contributed by atoms with Gasteiger partial charge in [-0.25, -0.2) is 4.99 Å². The topological polar surface area (TPSA) is 72.1 Å². The van der Waals surface area contributed by atoms with Crippen molar-refractivity contribution in [2.75, 3.05) is 32.6 Å². The molecule has 0 aromatic heterocycles. The molecule has 0 bridgehead atoms. The largest absolute Gasteiger partial charge is 0.493 e. The Morgan fingerprint density at radius 2 is 1.67 bits per heavy atom. The van der Waals surface area contributed by atoms with Gasteiger partial charge in [0.1, 0.15) is 0 Å². The van der Waals surface area contributed by atoms with Crippen LogP contribution in [-0.2, 0) is 13.1 Å². The number of anilines is 1. The molecule has 0 radical (unpaired) electrons. The Labute approximate surface area is 161 Å². The Morgan fingerprint density at radius 3 is 2.33 bits per heavy atom. The number of methoxy groups -OCH3 is 2. The van der Waals surface area contributed by atoms with Crippen molar-refractivity contribution in [3.8, 4) is 11.5 Å². The van der Waals surface area contributed by atoms with Gasteiger partial charge in [-0.05, 0) is 49.2 Å². The van der Waals surface area contributed by atoms with Gasteiger partial charge in [0.15, 0.2) is 17.5 Å². The second kappa shape index (κ2) is 9.28. The average molecular weight is 368 g/mol. The summed E-state index contributed by atoms with van der Waals surface area (Å²) >= 11 is 0. The van der Waals surface area contributed by atoms with Crippen LogP contribution in [-0.4, -0.2) is 38.2 Å². The van der Waals surface area contributed by atoms with Gasteiger partial charge in [-0.1, -0.05) is 24.3 Å². The second-order valence-corrected chi connectivity index (χ2v) is 6.70. The molecule has 1 aliphatic rings. The highest BCUT2D eigenvalue weighted by Gasteiger charge is 2.11. The maximum atomic E-state index is 6.01. The Morgan fingerprint density at radius 1 is 1.00 bits per heavy atom. The monoisotopic (exact) mass is 368 g/mol. The molecule has 144 valence electrons. The Bertz CT molecular complexity index is 768. The molecule has 0 unspecified atom stereocenters. The van der Waals surface area contributed by atoms with Gasteiger partial charge in [-0.3, -0.25) is 4.90 Å². The van der Waals surface area contributed by atoms with Crippen LogP contribution in [0.25, 0.3) is 0 Å². The highest BCUT2D eigenvalue weighted by atomic mass is 16.5. The van der Waals surface area contributed by atoms with E-state index in [0.717, 1.165) is 17.8 Å². The minimum Gasteiger partial charge on any atom is -0.493 e. The number of nitrogens with two attached hydrogens (primary N) is 1. The third-order valence-corrected chi connectivity index (χ3v) is 4.72. The van der Waals surface area contributed by atoms with Crippen molar-refractivity contribution in [2.45, 2.75) is 25.9 Å². The van der Waals surface area contributed by atoms with Gasteiger partial charge < -0.3 is 20.5 Å². The summed E-state index contributed by atoms with van der Waals surface area (Å²) in [4.78, 5) is 6.92. The maximum absolute atomic E-state index is 6.01. The first-order chi connectivity index (χ1) is 13.2. The molecule has 0 aliphatic carbocycles. The standard InChI is InChI=1S/C21H28N4O2/c1-26-19-10-9-18(13-20(19)27-2)24-21(22)23-14-16-5-7-17(8-6-16)15-25-11-3-4-12-25/h5-10,13H,3-4,11-12,14-15H2,1-2H3,(H3,22,23,24). The number of ether oxygens (including phenoxy) is 2. The van der Waals surface area contributed by atoms with Crippen LogP contribution in [0.3, 0.4) is 0 Å². The molecule has 0 saturated carbocycles. The zero-order chi connectivity index (χ0) is 19.1. The molecule has 0 amide bonds. The molecule has 1 saturated heterocycles. The fraction of sp³-hybridized carbons (Fsp3) is 0.381. The second-order valence-electron chi connectivity index (χ2n) is 6.70. The van der Waals surface area contributed by atoms with E-state index in [-0.39, 0.29) is 0 Å². The number of nitrogens with zero attached hydrogens (tertiary/aromatic N) is 2. The molecular weight excluding hydrogens is 340 g/mol. The van der Waals surface area contributed by atoms with E-state index in [1.807, 2.05) is 18.2 Å². The van der Waals surface area contributed by atoms with E-state index in [4.69, 9.17) is 15.2 Å². The summed E-state index contributed by atoms with van der Waals surface area (Å²) in [6.07, 6.45) is 2.64. The fourth-order valence-corrected chi connectivity index (χ4v) is 3.23. The zero-order valence-corrected chi connectivity index (χ0v) is 16.1. The number of hydrogen-bond donors (Lipinski definition) is 2. The van der Waals surface area contributed by atoms with Crippen LogP contribution in [0.5, 0.6) is 11.5 Å². The number of rotatable bonds is 7. The van der Waals surface area contributed by atoms with E-state index < -0.39 is 0 Å². The molecule has 6 nitrogen and oxygen atoms in total. The minimum absolute atomic E-state index is 0.364. The van der Waals surface area contributed by atoms with Gasteiger partial charge in [0.2, 0.25) is 0 Å². The molecule has 2 aromatic carbocycles. The number of nitrogens with one attached hydrogen (secondary N) is 1. The molecule has 0 atom stereocenters. The summed E-state index contributed by atoms with van der Waals surface area (Å²) in [6, 6.07) is 14.1. The predicted octanol–water partition coefficient (Wildman–Crippen LogP) is 3.23. The third kappa shape index (κ3) is 5.37. The molecule has 1 heterocycles. The molecule has 1 fully saturated rings. The van der Waals surface area contributed by atoms with Crippen LogP contribution in [0.4, 0.5) is 5.69 Å². The molecule has 1 aliphatic heterocycles. The summed E-state index contributed by atoms with van der Waals surface area (Å²) in [6.45, 7) is 4.00. The molecule has 3 rings (SSSR count). The van der Waals surface area contributed by atoms with Gasteiger partial charge in [0.25, 0.3) is 0 Å². The lowest BCUT2D eigenvalue weighted by Crippen LogP contribution is -2.22. The summed E-state index contributed by atoms with van der Waals surface area (Å²) < 4.78 is 10.5. The van der Waals surface area contributed by atoms with E-state index >= 15 is 0 Å². The van der Waals surface area contributed by atoms with Crippen molar-refractivity contribution in [3.05, 3.63) is 53.6 Å². The number of likely N-dealkylation sites (tertiary alicyclic amines) is 1. The van der Waals surface area contributed by atoms with Crippen LogP contribution in [0.2, 0.25) is 0 Å². The van der Waals surface area contributed by atoms with Crippen LogP contribution >= 0.6 is 0 Å². The van der Waals surface area contributed by atoms with Gasteiger partial charge >= 0.3 is 0 Å². The van der Waals surface area contributed by atoms with Crippen LogP contribution in [0.1, 0.15) is 24.0 Å². The van der Waals surface area contributed by atoms with Crippen molar-refractivity contribution in [1.29, 1.82) is 0 Å². The predicted molar refractivity (Wildman–Crippen MR) is 109 cm³/mol. The van der Waals surface area contributed by atoms with Crippen molar-refractivity contribution < 1.29 is 9.47 Å². The number of guanidine groups is 1. The number of hydrogen-bond acceptors (Lipinski definition) is 4. The van der Waals surface area contributed by atoms with Gasteiger partial charge in [0, 0.05) is 18.3 Å². The van der Waals surface area contributed by atoms with Crippen LogP contribution < -0.4 is 20.5 Å². The Balaban J connectivity index is 1.55. The van der Waals surface area contributed by atoms with E-state index in [0.29, 0.717) is 24.0 Å². The summed E-state index contributed by atoms with van der Waals surface area (Å²) in [7, 11) is 3.21. The Kier molecular flexibility index (Phi) is 6.54. The van der Waals surface area contributed by atoms with Crippen LogP contribution in [0, 0.1) is 0 Å². The number of aliphatic imine (C=N–C) groups is 1. The first kappa shape index (κ1) is 19.0. The highest BCUT2D eigenvalue weighted by molar-refractivity contribution is 5.92. The molecule has 3 N–H and O–H groups in total. The van der Waals surface area contributed by atoms with Crippen molar-refractivity contribution >= 4 is 11.6 Å². The first-order valence-corrected chi connectivity index (χ1v) is 9.27. The molecular formula is C21H28N4O2. The quantitative estimate of drug-likeness (QED) is 0.580. The summed E-state index contributed by atoms with van der Waals surface area (Å²) in [5.74, 6) is 1.68. The lowest BCUT2D eigenvalue weighted by atomic mass is 10.1. The molecule has 27 heavy (non-hydrogen) atoms. The van der Waals surface area contributed by atoms with Crippen molar-refractivity contribution in [2.24, 2.45) is 10.7 Å². The minimum atomic E-state index is 0.364. The summed E-state index contributed by atoms with van der Waals surface area (Å²) in [5, 5.41) is 3.08. The molecule has 0 spiro atoms. The van der Waals surface area contributed by atoms with Crippen molar-refractivity contribution in [3.63, 3.8) is 0 Å². The van der Waals surface area contributed by atoms with Gasteiger partial charge in [-0.2, -0.15) is 0 Å². The van der Waals surface area contributed by atoms with Crippen molar-refractivity contribution in [1.82, 2.24) is 4.90 Å². The highest BCUT2D eigenvalue weighted by Crippen LogP contribution is 2.29. The van der Waals surface area contributed by atoms with E-state index in [1.54, 1.807) is 14.2 Å². The van der Waals surface area contributed by atoms with Gasteiger partial charge in [0.05, 0.1) is 20.8 Å². The van der Waals surface area contributed by atoms with Gasteiger partial charge in [-0.15, -0.1) is 0 Å². The third-order valence-electron chi connectivity index (χ3n) is 4.72. The summed E-state index contributed by atoms with van der Waals surface area (Å²) in [5.41, 5.74) is 9.30. The number of benzene rings is 2. The van der Waals surface area contributed by atoms with Crippen LogP contribution in [0.15, 0.2) is 47.5 Å². The average Bonchev–Trinajstić information content (AvgIpc) is 3.20. The maximum Gasteiger partial charge on any atom is 0.193 e. The SMILES string of the molecule is COc1ccc(NC(N)=NCc2ccc(CN3CCCC3)cc2)cc1OC. The van der Waals surface area contributed by atoms with E-state index in [9.17, 15) is 0 Å². The smallest absolute Gasteiger partial charge is 0.193 e. The molecule has 2 aromatic rings. The lowest BCUT2D eigenvalue weighted by Gasteiger charge is -2.14. The fourth-order valence-electron chi connectivity index (χ4n) is 3.23. The first-order valence-electron chi connectivity index (χ1n) is 9.27.